The lowest BCUT2D eigenvalue weighted by molar-refractivity contribution is -0.408. The Kier molecular flexibility index (Phi) is 22.2. The van der Waals surface area contributed by atoms with Crippen LogP contribution >= 0.6 is 0 Å². The van der Waals surface area contributed by atoms with Gasteiger partial charge in [0.05, 0.1) is 51.8 Å². The Morgan fingerprint density at radius 2 is 1.04 bits per heavy atom. The minimum Gasteiger partial charge on any atom is -0.492 e. The van der Waals surface area contributed by atoms with Crippen molar-refractivity contribution in [1.29, 1.82) is 0 Å². The maximum Gasteiger partial charge on any atom is 0.187 e. The zero-order valence-corrected chi connectivity index (χ0v) is 52.3. The molecule has 11 aliphatic rings. The lowest BCUT2D eigenvalue weighted by Crippen LogP contribution is -2.68. The summed E-state index contributed by atoms with van der Waals surface area (Å²) < 4.78 is 79.2. The second-order valence-electron chi connectivity index (χ2n) is 28.7. The average Bonchev–Trinajstić information content (AvgIpc) is 1.50. The van der Waals surface area contributed by atoms with Gasteiger partial charge in [0.25, 0.3) is 0 Å². The van der Waals surface area contributed by atoms with E-state index in [0.717, 1.165) is 38.5 Å². The Balaban J connectivity index is 0.782. The summed E-state index contributed by atoms with van der Waals surface area (Å²) in [5.74, 6) is 1.28. The molecule has 11 rings (SSSR count). The summed E-state index contributed by atoms with van der Waals surface area (Å²) in [6.07, 6.45) is -39.3. The molecule has 31 heteroatoms. The lowest BCUT2D eigenvalue weighted by atomic mass is 9.44. The third-order valence-electron chi connectivity index (χ3n) is 22.9. The highest BCUT2D eigenvalue weighted by Crippen LogP contribution is 2.71. The third kappa shape index (κ3) is 13.3. The normalized spacial score (nSPS) is 55.4. The van der Waals surface area contributed by atoms with Crippen molar-refractivity contribution in [2.75, 3.05) is 39.6 Å². The van der Waals surface area contributed by atoms with Gasteiger partial charge >= 0.3 is 0 Å². The minimum absolute atomic E-state index is 0.109. The zero-order valence-electron chi connectivity index (χ0n) is 52.3. The van der Waals surface area contributed by atoms with Crippen LogP contribution in [-0.2, 0) is 61.6 Å². The standard InChI is InChI=1S/C61H100O31/c1-22(19-80-53-45(76)42(73)39(70)32(16-62)86-53)6-9-35-61(5,79)52-31(85-35)15-28-26-8-7-24-14-25(10-12-59(24,3)27(26)11-13-60(28,52)4)84-57-50(91-56-46(77)41(72)36(67)23(2)83-56)47(78)48(34(18-64)88-57)89-58-51(92-55-44(75)38(69)30(66)21-82-55)49(40(71)33(17-63)87-58)90-54-43(74)37(68)29(65)20-81-54/h9,22-34,36-58,62-79H,6-8,10-21H2,1-5H3/b35-9-/t22-,23+,24+,25+,26-,27+,28+,29-,30-,31+,32-,33-,34-,36+,37+,38+,39-,40-,41-,42+,43-,44-,45-,46-,47+,48+,49+,50-,51-,52+,53-,54+,55+,56+,57-,58+,59+,60+,61-/m1/s1. The smallest absolute Gasteiger partial charge is 0.187 e. The number of ether oxygens (including phenoxy) is 13. The van der Waals surface area contributed by atoms with Crippen LogP contribution in [-0.4, -0.2) is 321 Å². The summed E-state index contributed by atoms with van der Waals surface area (Å²) >= 11 is 0. The van der Waals surface area contributed by atoms with Gasteiger partial charge in [-0.05, 0) is 118 Å². The summed E-state index contributed by atoms with van der Waals surface area (Å²) in [6.45, 7) is 6.45. The second-order valence-corrected chi connectivity index (χ2v) is 28.7. The van der Waals surface area contributed by atoms with Gasteiger partial charge in [-0.1, -0.05) is 20.8 Å². The van der Waals surface area contributed by atoms with Crippen molar-refractivity contribution >= 4 is 0 Å². The van der Waals surface area contributed by atoms with E-state index in [1.807, 2.05) is 19.9 Å². The molecule has 7 saturated heterocycles. The van der Waals surface area contributed by atoms with Crippen LogP contribution in [0.5, 0.6) is 0 Å². The molecule has 11 fully saturated rings. The molecule has 4 aliphatic carbocycles. The number of allylic oxidation sites excluding steroid dienone is 1. The van der Waals surface area contributed by atoms with Gasteiger partial charge in [0, 0.05) is 5.92 Å². The fourth-order valence-corrected chi connectivity index (χ4v) is 17.6. The molecular weight excluding hydrogens is 1230 g/mol. The van der Waals surface area contributed by atoms with Gasteiger partial charge < -0.3 is 153 Å². The van der Waals surface area contributed by atoms with Crippen molar-refractivity contribution in [3.05, 3.63) is 11.8 Å². The summed E-state index contributed by atoms with van der Waals surface area (Å²) in [4.78, 5) is 0. The molecule has 0 aromatic rings. The lowest BCUT2D eigenvalue weighted by Gasteiger charge is -2.61. The van der Waals surface area contributed by atoms with E-state index in [1.54, 1.807) is 0 Å². The fraction of sp³-hybridized carbons (Fsp3) is 0.967. The van der Waals surface area contributed by atoms with Crippen LogP contribution in [0.1, 0.15) is 92.4 Å². The van der Waals surface area contributed by atoms with E-state index in [1.165, 1.54) is 6.92 Å². The summed E-state index contributed by atoms with van der Waals surface area (Å²) in [6, 6.07) is 0. The molecule has 4 saturated carbocycles. The van der Waals surface area contributed by atoms with Gasteiger partial charge in [0.2, 0.25) is 0 Å². The van der Waals surface area contributed by atoms with Crippen molar-refractivity contribution in [1.82, 2.24) is 0 Å². The fourth-order valence-electron chi connectivity index (χ4n) is 17.6. The van der Waals surface area contributed by atoms with E-state index in [4.69, 9.17) is 61.6 Å². The largest absolute Gasteiger partial charge is 0.492 e. The van der Waals surface area contributed by atoms with E-state index in [9.17, 15) is 91.9 Å². The number of hydrogen-bond donors (Lipinski definition) is 18. The highest BCUT2D eigenvalue weighted by molar-refractivity contribution is 5.26. The molecule has 18 N–H and O–H groups in total. The van der Waals surface area contributed by atoms with Crippen LogP contribution < -0.4 is 0 Å². The Labute approximate surface area is 532 Å². The van der Waals surface area contributed by atoms with E-state index < -0.39 is 217 Å². The highest BCUT2D eigenvalue weighted by atomic mass is 16.8. The molecule has 7 heterocycles. The maximum absolute atomic E-state index is 12.7. The Bertz CT molecular complexity index is 2450. The Hall–Kier alpha value is -1.66. The summed E-state index contributed by atoms with van der Waals surface area (Å²) in [5.41, 5.74) is -1.64. The monoisotopic (exact) mass is 1330 g/mol. The average molecular weight is 1330 g/mol. The van der Waals surface area contributed by atoms with Gasteiger partial charge in [-0.15, -0.1) is 0 Å². The highest BCUT2D eigenvalue weighted by Gasteiger charge is 2.70. The van der Waals surface area contributed by atoms with Crippen molar-refractivity contribution in [3.63, 3.8) is 0 Å². The van der Waals surface area contributed by atoms with Crippen LogP contribution in [0.4, 0.5) is 0 Å². The molecule has 31 nitrogen and oxygen atoms in total. The van der Waals surface area contributed by atoms with E-state index >= 15 is 0 Å². The molecule has 39 atom stereocenters. The molecule has 0 spiro atoms. The van der Waals surface area contributed by atoms with E-state index in [0.29, 0.717) is 36.9 Å². The summed E-state index contributed by atoms with van der Waals surface area (Å²) in [5, 5.41) is 195. The van der Waals surface area contributed by atoms with Crippen LogP contribution in [0.3, 0.4) is 0 Å². The van der Waals surface area contributed by atoms with Gasteiger partial charge in [0.15, 0.2) is 37.7 Å². The van der Waals surface area contributed by atoms with Crippen LogP contribution in [0, 0.1) is 46.3 Å². The van der Waals surface area contributed by atoms with Crippen molar-refractivity contribution in [3.8, 4) is 0 Å². The number of fused-ring (bicyclic) bond motifs is 7. The number of aliphatic hydroxyl groups excluding tert-OH is 17. The zero-order chi connectivity index (χ0) is 66.4. The van der Waals surface area contributed by atoms with Crippen LogP contribution in [0.15, 0.2) is 11.8 Å². The van der Waals surface area contributed by atoms with Crippen LogP contribution in [0.25, 0.3) is 0 Å². The predicted molar refractivity (Wildman–Crippen MR) is 303 cm³/mol. The molecule has 0 aromatic heterocycles. The first-order valence-corrected chi connectivity index (χ1v) is 32.8. The first kappa shape index (κ1) is 71.6. The van der Waals surface area contributed by atoms with Crippen molar-refractivity contribution < 1.29 is 153 Å². The van der Waals surface area contributed by atoms with Gasteiger partial charge in [-0.3, -0.25) is 0 Å². The molecule has 0 unspecified atom stereocenters. The van der Waals surface area contributed by atoms with Crippen molar-refractivity contribution in [2.24, 2.45) is 46.3 Å². The quantitative estimate of drug-likeness (QED) is 0.0568. The second kappa shape index (κ2) is 28.5. The van der Waals surface area contributed by atoms with Gasteiger partial charge in [-0.25, -0.2) is 0 Å². The minimum atomic E-state index is -1.97. The Morgan fingerprint density at radius 1 is 0.500 bits per heavy atom. The number of hydrogen-bond acceptors (Lipinski definition) is 31. The van der Waals surface area contributed by atoms with E-state index in [2.05, 4.69) is 13.8 Å². The summed E-state index contributed by atoms with van der Waals surface area (Å²) in [7, 11) is 0. The Morgan fingerprint density at radius 3 is 1.70 bits per heavy atom. The molecular formula is C61H100O31. The first-order valence-electron chi connectivity index (χ1n) is 32.8. The SMILES string of the molecule is C[C@H](C/C=C1\O[C@H]2C[C@H]3[C@@H]4CC[C@H]5C[C@@H](O[C@@H]6O[C@H](CO)[C@H](O[C@@H]7O[C@H](CO)[C@@H](O)[C@H](O[C@@H]8OC[C@@H](O)[C@H](O)[C@H]8O)[C@H]7O[C@@H]7OC[C@@H](O)[C@H](O)[C@H]7O)[C@H](O)[C@H]6O[C@@H]6O[C@@H](C)[C@H](O)[C@@H](O)[C@H]6O)CC[C@]5(C)[C@H]4CC[C@]3(C)[C@H]2[C@]1(C)O)CO[C@@H]1O[C@H](CO)[C@@H](O)[C@H](O)[C@H]1O. The van der Waals surface area contributed by atoms with Gasteiger partial charge in [0.1, 0.15) is 146 Å². The predicted octanol–water partition coefficient (Wildman–Crippen LogP) is -6.08. The van der Waals surface area contributed by atoms with E-state index in [-0.39, 0.29) is 47.2 Å². The number of aliphatic hydroxyl groups is 18. The molecule has 92 heavy (non-hydrogen) atoms. The topological polar surface area (TPSA) is 484 Å². The third-order valence-corrected chi connectivity index (χ3v) is 22.9. The van der Waals surface area contributed by atoms with Crippen molar-refractivity contribution in [2.45, 2.75) is 282 Å². The van der Waals surface area contributed by atoms with Gasteiger partial charge in [-0.2, -0.15) is 0 Å². The molecule has 0 radical (unpaired) electrons. The number of rotatable bonds is 18. The molecule has 0 bridgehead atoms. The van der Waals surface area contributed by atoms with Crippen LogP contribution in [0.2, 0.25) is 0 Å². The molecule has 7 aliphatic heterocycles. The molecule has 0 amide bonds. The maximum atomic E-state index is 12.7. The molecule has 0 aromatic carbocycles. The molecule has 530 valence electrons. The first-order chi connectivity index (χ1) is 43.6.